The van der Waals surface area contributed by atoms with Gasteiger partial charge in [0.15, 0.2) is 5.69 Å². The standard InChI is InChI=1S/C20H11N3S/c1-22-15-10-11-16(14(12-15)13-21)23-17-6-2-4-8-19(17)24-20-9-5-3-7-18(20)23/h2-12H. The van der Waals surface area contributed by atoms with Gasteiger partial charge in [0.1, 0.15) is 0 Å². The van der Waals surface area contributed by atoms with Crippen LogP contribution in [0, 0.1) is 17.9 Å². The van der Waals surface area contributed by atoms with Crippen LogP contribution < -0.4 is 4.90 Å². The van der Waals surface area contributed by atoms with Crippen LogP contribution in [-0.2, 0) is 0 Å². The van der Waals surface area contributed by atoms with Crippen molar-refractivity contribution in [3.05, 3.63) is 83.7 Å². The summed E-state index contributed by atoms with van der Waals surface area (Å²) in [6.45, 7) is 7.16. The van der Waals surface area contributed by atoms with Gasteiger partial charge in [-0.1, -0.05) is 42.1 Å². The van der Waals surface area contributed by atoms with E-state index in [1.165, 1.54) is 0 Å². The summed E-state index contributed by atoms with van der Waals surface area (Å²) in [6.07, 6.45) is 0. The molecule has 24 heavy (non-hydrogen) atoms. The summed E-state index contributed by atoms with van der Waals surface area (Å²) >= 11 is 1.73. The van der Waals surface area contributed by atoms with Gasteiger partial charge in [-0.15, -0.1) is 0 Å². The van der Waals surface area contributed by atoms with E-state index in [0.717, 1.165) is 26.9 Å². The molecule has 0 bridgehead atoms. The van der Waals surface area contributed by atoms with Crippen LogP contribution in [0.15, 0.2) is 76.5 Å². The first-order valence-electron chi connectivity index (χ1n) is 7.39. The maximum atomic E-state index is 9.58. The highest BCUT2D eigenvalue weighted by Gasteiger charge is 2.25. The van der Waals surface area contributed by atoms with Gasteiger partial charge in [0.2, 0.25) is 0 Å². The number of nitrogens with zero attached hydrogens (tertiary/aromatic N) is 3. The molecule has 0 aromatic heterocycles. The Morgan fingerprint density at radius 1 is 0.875 bits per heavy atom. The average molecular weight is 325 g/mol. The highest BCUT2D eigenvalue weighted by atomic mass is 32.2. The van der Waals surface area contributed by atoms with Crippen molar-refractivity contribution in [3.8, 4) is 6.07 Å². The molecule has 0 saturated heterocycles. The number of rotatable bonds is 1. The minimum absolute atomic E-state index is 0.475. The SMILES string of the molecule is [C-]#[N+]c1ccc(N2c3ccccc3Sc3ccccc32)c(C#N)c1. The zero-order valence-electron chi connectivity index (χ0n) is 12.6. The lowest BCUT2D eigenvalue weighted by atomic mass is 10.1. The van der Waals surface area contributed by atoms with Crippen molar-refractivity contribution in [3.63, 3.8) is 0 Å². The normalized spacial score (nSPS) is 11.8. The van der Waals surface area contributed by atoms with E-state index in [4.69, 9.17) is 6.57 Å². The fourth-order valence-electron chi connectivity index (χ4n) is 2.84. The Morgan fingerprint density at radius 2 is 1.50 bits per heavy atom. The molecule has 1 heterocycles. The summed E-state index contributed by atoms with van der Waals surface area (Å²) < 4.78 is 0. The molecule has 112 valence electrons. The molecule has 0 atom stereocenters. The molecule has 1 aliphatic heterocycles. The predicted octanol–water partition coefficient (Wildman–Crippen LogP) is 6.04. The number of nitriles is 1. The van der Waals surface area contributed by atoms with E-state index in [2.05, 4.69) is 40.1 Å². The number of para-hydroxylation sites is 2. The molecule has 0 spiro atoms. The molecular weight excluding hydrogens is 314 g/mol. The number of benzene rings is 3. The van der Waals surface area contributed by atoms with E-state index in [0.29, 0.717) is 11.3 Å². The summed E-state index contributed by atoms with van der Waals surface area (Å²) in [5.74, 6) is 0. The lowest BCUT2D eigenvalue weighted by Gasteiger charge is -2.33. The molecule has 3 nitrogen and oxygen atoms in total. The monoisotopic (exact) mass is 325 g/mol. The van der Waals surface area contributed by atoms with Gasteiger partial charge in [0.05, 0.1) is 35.3 Å². The van der Waals surface area contributed by atoms with Crippen LogP contribution in [0.2, 0.25) is 0 Å². The van der Waals surface area contributed by atoms with Gasteiger partial charge in [-0.2, -0.15) is 5.26 Å². The molecule has 0 saturated carbocycles. The maximum absolute atomic E-state index is 9.58. The highest BCUT2D eigenvalue weighted by Crippen LogP contribution is 2.51. The number of fused-ring (bicyclic) bond motifs is 2. The van der Waals surface area contributed by atoms with Gasteiger partial charge < -0.3 is 4.90 Å². The fourth-order valence-corrected chi connectivity index (χ4v) is 3.90. The lowest BCUT2D eigenvalue weighted by Crippen LogP contribution is -2.15. The van der Waals surface area contributed by atoms with Crippen LogP contribution in [0.25, 0.3) is 4.85 Å². The minimum Gasteiger partial charge on any atom is -0.307 e. The van der Waals surface area contributed by atoms with E-state index in [1.807, 2.05) is 30.3 Å². The first-order valence-corrected chi connectivity index (χ1v) is 8.21. The molecule has 0 unspecified atom stereocenters. The van der Waals surface area contributed by atoms with Gasteiger partial charge in [-0.3, -0.25) is 0 Å². The molecular formula is C20H11N3S. The number of anilines is 3. The van der Waals surface area contributed by atoms with E-state index < -0.39 is 0 Å². The summed E-state index contributed by atoms with van der Waals surface area (Å²) in [4.78, 5) is 7.83. The first-order chi connectivity index (χ1) is 11.8. The van der Waals surface area contributed by atoms with Crippen molar-refractivity contribution in [1.29, 1.82) is 5.26 Å². The zero-order valence-corrected chi connectivity index (χ0v) is 13.4. The second-order valence-electron chi connectivity index (χ2n) is 5.30. The quantitative estimate of drug-likeness (QED) is 0.400. The second-order valence-corrected chi connectivity index (χ2v) is 6.38. The van der Waals surface area contributed by atoms with Gasteiger partial charge in [-0.25, -0.2) is 4.85 Å². The molecule has 0 amide bonds. The lowest BCUT2D eigenvalue weighted by molar-refractivity contribution is 1.16. The third kappa shape index (κ3) is 2.22. The average Bonchev–Trinajstić information content (AvgIpc) is 2.65. The first kappa shape index (κ1) is 14.4. The van der Waals surface area contributed by atoms with Crippen molar-refractivity contribution < 1.29 is 0 Å². The van der Waals surface area contributed by atoms with Crippen LogP contribution >= 0.6 is 11.8 Å². The Bertz CT molecular complexity index is 982. The van der Waals surface area contributed by atoms with E-state index >= 15 is 0 Å². The van der Waals surface area contributed by atoms with Crippen LogP contribution in [0.4, 0.5) is 22.7 Å². The smallest absolute Gasteiger partial charge is 0.188 e. The number of hydrogen-bond donors (Lipinski definition) is 0. The molecule has 3 aromatic rings. The summed E-state index contributed by atoms with van der Waals surface area (Å²) in [5.41, 5.74) is 3.87. The topological polar surface area (TPSA) is 31.4 Å². The van der Waals surface area contributed by atoms with Crippen molar-refractivity contribution in [2.45, 2.75) is 9.79 Å². The van der Waals surface area contributed by atoms with E-state index in [9.17, 15) is 5.26 Å². The van der Waals surface area contributed by atoms with Crippen molar-refractivity contribution >= 4 is 34.5 Å². The Labute approximate surface area is 144 Å². The van der Waals surface area contributed by atoms with Crippen molar-refractivity contribution in [2.24, 2.45) is 0 Å². The highest BCUT2D eigenvalue weighted by molar-refractivity contribution is 7.99. The van der Waals surface area contributed by atoms with Gasteiger partial charge in [0, 0.05) is 9.79 Å². The maximum Gasteiger partial charge on any atom is 0.188 e. The summed E-state index contributed by atoms with van der Waals surface area (Å²) in [6, 6.07) is 23.8. The Kier molecular flexibility index (Phi) is 3.46. The number of hydrogen-bond acceptors (Lipinski definition) is 3. The molecule has 4 rings (SSSR count). The fraction of sp³-hybridized carbons (Fsp3) is 0. The Balaban J connectivity index is 2.00. The molecule has 1 aliphatic rings. The summed E-state index contributed by atoms with van der Waals surface area (Å²) in [7, 11) is 0. The van der Waals surface area contributed by atoms with Crippen LogP contribution in [0.5, 0.6) is 0 Å². The molecule has 4 heteroatoms. The summed E-state index contributed by atoms with van der Waals surface area (Å²) in [5, 5.41) is 9.58. The molecule has 0 radical (unpaired) electrons. The van der Waals surface area contributed by atoms with Crippen LogP contribution in [0.3, 0.4) is 0 Å². The molecule has 0 aliphatic carbocycles. The van der Waals surface area contributed by atoms with Gasteiger partial charge in [-0.05, 0) is 36.4 Å². The van der Waals surface area contributed by atoms with Crippen molar-refractivity contribution in [2.75, 3.05) is 4.90 Å². The van der Waals surface area contributed by atoms with E-state index in [-0.39, 0.29) is 0 Å². The Morgan fingerprint density at radius 3 is 2.08 bits per heavy atom. The molecule has 3 aromatic carbocycles. The molecule has 0 fully saturated rings. The second kappa shape index (κ2) is 5.77. The third-order valence-corrected chi connectivity index (χ3v) is 5.03. The van der Waals surface area contributed by atoms with Crippen LogP contribution in [-0.4, -0.2) is 0 Å². The van der Waals surface area contributed by atoms with Gasteiger partial charge in [0.25, 0.3) is 0 Å². The van der Waals surface area contributed by atoms with E-state index in [1.54, 1.807) is 23.9 Å². The third-order valence-electron chi connectivity index (χ3n) is 3.90. The molecule has 0 N–H and O–H groups in total. The predicted molar refractivity (Wildman–Crippen MR) is 96.2 cm³/mol. The van der Waals surface area contributed by atoms with Crippen molar-refractivity contribution in [1.82, 2.24) is 0 Å². The van der Waals surface area contributed by atoms with Crippen LogP contribution in [0.1, 0.15) is 5.56 Å². The van der Waals surface area contributed by atoms with Gasteiger partial charge >= 0.3 is 0 Å². The zero-order chi connectivity index (χ0) is 16.5. The minimum atomic E-state index is 0.475. The Hall–Kier alpha value is -3.21. The largest absolute Gasteiger partial charge is 0.307 e.